The number of nitrogens with zero attached hydrogens (tertiary/aromatic N) is 3. The molecule has 0 radical (unpaired) electrons. The van der Waals surface area contributed by atoms with Crippen LogP contribution in [0.3, 0.4) is 0 Å². The van der Waals surface area contributed by atoms with E-state index in [1.54, 1.807) is 35.2 Å². The van der Waals surface area contributed by atoms with Crippen molar-refractivity contribution >= 4 is 17.9 Å². The summed E-state index contributed by atoms with van der Waals surface area (Å²) in [6, 6.07) is 4.61. The van der Waals surface area contributed by atoms with E-state index in [-0.39, 0.29) is 12.1 Å². The lowest BCUT2D eigenvalue weighted by atomic mass is 9.91. The number of methoxy groups -OCH3 is 1. The molecule has 182 valence electrons. The van der Waals surface area contributed by atoms with E-state index < -0.39 is 28.5 Å². The van der Waals surface area contributed by atoms with Gasteiger partial charge in [-0.2, -0.15) is 17.7 Å². The summed E-state index contributed by atoms with van der Waals surface area (Å²) >= 11 is 0. The van der Waals surface area contributed by atoms with Gasteiger partial charge < -0.3 is 14.6 Å². The molecule has 2 aliphatic heterocycles. The standard InChI is InChI=1S/C24H28F3N4O3/c1-16-14-30(15-29-16)20-6-5-17(13-21(20)34-2)12-18-4-3-11-31(22(18)32,23(33)24(25,26)27)19-7-9-28-10-8-19/h5-6,12-15,19,28H,3-4,7-11H2,1-2H3/q+1/b18-12+. The summed E-state index contributed by atoms with van der Waals surface area (Å²) in [4.78, 5) is 30.5. The van der Waals surface area contributed by atoms with E-state index in [0.29, 0.717) is 50.1 Å². The maximum absolute atomic E-state index is 13.7. The first-order valence-electron chi connectivity index (χ1n) is 11.3. The van der Waals surface area contributed by atoms with Gasteiger partial charge in [-0.15, -0.1) is 0 Å². The normalized spacial score (nSPS) is 23.3. The first-order chi connectivity index (χ1) is 16.2. The number of alkyl halides is 3. The number of likely N-dealkylation sites (tertiary alicyclic amines) is 1. The maximum atomic E-state index is 13.7. The van der Waals surface area contributed by atoms with Gasteiger partial charge in [-0.05, 0) is 37.1 Å². The number of ether oxygens (including phenoxy) is 1. The molecule has 2 saturated heterocycles. The smallest absolute Gasteiger partial charge is 0.495 e. The van der Waals surface area contributed by atoms with E-state index in [4.69, 9.17) is 4.74 Å². The number of carbonyl (C=O) groups excluding carboxylic acids is 2. The van der Waals surface area contributed by atoms with Crippen LogP contribution in [0.4, 0.5) is 13.2 Å². The minimum Gasteiger partial charge on any atom is -0.495 e. The third-order valence-corrected chi connectivity index (χ3v) is 6.67. The molecule has 2 aliphatic rings. The van der Waals surface area contributed by atoms with Crippen LogP contribution in [0.1, 0.15) is 36.9 Å². The third-order valence-electron chi connectivity index (χ3n) is 6.67. The number of benzene rings is 1. The Kier molecular flexibility index (Phi) is 6.64. The highest BCUT2D eigenvalue weighted by atomic mass is 19.4. The maximum Gasteiger partial charge on any atom is 0.510 e. The van der Waals surface area contributed by atoms with Crippen LogP contribution in [0.2, 0.25) is 0 Å². The Morgan fingerprint density at radius 1 is 1.29 bits per heavy atom. The molecule has 4 rings (SSSR count). The van der Waals surface area contributed by atoms with Crippen LogP contribution in [-0.2, 0) is 9.59 Å². The summed E-state index contributed by atoms with van der Waals surface area (Å²) in [5.74, 6) is -2.17. The van der Waals surface area contributed by atoms with Gasteiger partial charge in [0.2, 0.25) is 0 Å². The highest BCUT2D eigenvalue weighted by Gasteiger charge is 2.63. The molecule has 0 bridgehead atoms. The van der Waals surface area contributed by atoms with Gasteiger partial charge in [-0.1, -0.05) is 6.07 Å². The quantitative estimate of drug-likeness (QED) is 0.539. The van der Waals surface area contributed by atoms with Crippen molar-refractivity contribution in [3.63, 3.8) is 0 Å². The lowest BCUT2D eigenvalue weighted by Crippen LogP contribution is -2.69. The first kappa shape index (κ1) is 24.2. The number of nitrogens with one attached hydrogen (secondary N) is 1. The van der Waals surface area contributed by atoms with E-state index >= 15 is 0 Å². The van der Waals surface area contributed by atoms with Crippen molar-refractivity contribution in [1.29, 1.82) is 0 Å². The summed E-state index contributed by atoms with van der Waals surface area (Å²) in [5, 5.41) is 3.10. The minimum absolute atomic E-state index is 0.124. The molecule has 1 atom stereocenters. The summed E-state index contributed by atoms with van der Waals surface area (Å²) in [5.41, 5.74) is 2.43. The van der Waals surface area contributed by atoms with Crippen LogP contribution in [-0.4, -0.2) is 64.8 Å². The summed E-state index contributed by atoms with van der Waals surface area (Å²) in [6.45, 7) is 2.70. The molecule has 7 nitrogen and oxygen atoms in total. The number of amides is 2. The van der Waals surface area contributed by atoms with Gasteiger partial charge in [-0.25, -0.2) is 14.6 Å². The molecule has 1 aromatic heterocycles. The Hall–Kier alpha value is -2.98. The fraction of sp³-hybridized carbons (Fsp3) is 0.458. The van der Waals surface area contributed by atoms with Gasteiger partial charge in [0.15, 0.2) is 0 Å². The Bertz CT molecular complexity index is 1120. The number of imidazole rings is 1. The van der Waals surface area contributed by atoms with Crippen molar-refractivity contribution in [3.8, 4) is 11.4 Å². The van der Waals surface area contributed by atoms with Gasteiger partial charge in [0.1, 0.15) is 11.8 Å². The number of piperidine rings is 2. The number of halogens is 3. The van der Waals surface area contributed by atoms with Crippen LogP contribution >= 0.6 is 0 Å². The molecule has 1 unspecified atom stereocenters. The number of hydrogen-bond acceptors (Lipinski definition) is 5. The van der Waals surface area contributed by atoms with E-state index in [0.717, 1.165) is 11.4 Å². The molecule has 0 aliphatic carbocycles. The molecular formula is C24H28F3N4O3+. The second-order valence-corrected chi connectivity index (χ2v) is 8.81. The number of quaternary nitrogens is 1. The molecule has 0 saturated carbocycles. The fourth-order valence-corrected chi connectivity index (χ4v) is 5.05. The van der Waals surface area contributed by atoms with E-state index in [2.05, 4.69) is 10.3 Å². The lowest BCUT2D eigenvalue weighted by Gasteiger charge is -2.44. The molecule has 2 fully saturated rings. The second-order valence-electron chi connectivity index (χ2n) is 8.81. The Morgan fingerprint density at radius 2 is 2.03 bits per heavy atom. The number of imide groups is 1. The number of hydrogen-bond donors (Lipinski definition) is 1. The average Bonchev–Trinajstić information content (AvgIpc) is 3.26. The molecule has 2 aromatic rings. The van der Waals surface area contributed by atoms with Crippen molar-refractivity contribution in [2.24, 2.45) is 0 Å². The third kappa shape index (κ3) is 4.39. The van der Waals surface area contributed by atoms with Crippen molar-refractivity contribution < 1.29 is 32.0 Å². The first-order valence-corrected chi connectivity index (χ1v) is 11.3. The van der Waals surface area contributed by atoms with Crippen LogP contribution in [0.25, 0.3) is 11.8 Å². The van der Waals surface area contributed by atoms with Crippen molar-refractivity contribution in [2.45, 2.75) is 44.8 Å². The Labute approximate surface area is 195 Å². The average molecular weight is 478 g/mol. The topological polar surface area (TPSA) is 73.2 Å². The predicted octanol–water partition coefficient (Wildman–Crippen LogP) is 3.55. The van der Waals surface area contributed by atoms with Crippen LogP contribution < -0.4 is 10.1 Å². The van der Waals surface area contributed by atoms with Gasteiger partial charge >= 0.3 is 18.0 Å². The fourth-order valence-electron chi connectivity index (χ4n) is 5.05. The molecule has 34 heavy (non-hydrogen) atoms. The molecule has 0 spiro atoms. The molecule has 10 heteroatoms. The molecule has 2 amide bonds. The zero-order valence-corrected chi connectivity index (χ0v) is 19.2. The van der Waals surface area contributed by atoms with E-state index in [1.807, 2.05) is 13.1 Å². The largest absolute Gasteiger partial charge is 0.510 e. The number of carbonyl (C=O) groups is 2. The van der Waals surface area contributed by atoms with Crippen molar-refractivity contribution in [3.05, 3.63) is 47.6 Å². The highest BCUT2D eigenvalue weighted by Crippen LogP contribution is 2.37. The van der Waals surface area contributed by atoms with Crippen LogP contribution in [0, 0.1) is 6.92 Å². The second kappa shape index (κ2) is 9.34. The molecule has 1 N–H and O–H groups in total. The Balaban J connectivity index is 1.72. The zero-order valence-electron chi connectivity index (χ0n) is 19.2. The summed E-state index contributed by atoms with van der Waals surface area (Å²) in [7, 11) is 1.52. The SMILES string of the molecule is COc1cc(/C=C2\CCC[N+](C(=O)C(F)(F)F)(C3CCNCC3)C2=O)ccc1-n1cnc(C)c1. The van der Waals surface area contributed by atoms with E-state index in [1.165, 1.54) is 7.11 Å². The zero-order chi connectivity index (χ0) is 24.5. The number of aromatic nitrogens is 2. The molecule has 3 heterocycles. The van der Waals surface area contributed by atoms with E-state index in [9.17, 15) is 22.8 Å². The predicted molar refractivity (Wildman–Crippen MR) is 119 cm³/mol. The highest BCUT2D eigenvalue weighted by molar-refractivity contribution is 6.00. The number of aryl methyl sites for hydroxylation is 1. The van der Waals surface area contributed by atoms with Crippen molar-refractivity contribution in [2.75, 3.05) is 26.7 Å². The number of rotatable bonds is 4. The van der Waals surface area contributed by atoms with Gasteiger partial charge in [0.25, 0.3) is 0 Å². The monoisotopic (exact) mass is 477 g/mol. The van der Waals surface area contributed by atoms with Crippen LogP contribution in [0.5, 0.6) is 5.75 Å². The summed E-state index contributed by atoms with van der Waals surface area (Å²) < 4.78 is 47.2. The van der Waals surface area contributed by atoms with Gasteiger partial charge in [0.05, 0.1) is 36.9 Å². The molecular weight excluding hydrogens is 449 g/mol. The van der Waals surface area contributed by atoms with Crippen molar-refractivity contribution in [1.82, 2.24) is 14.9 Å². The Morgan fingerprint density at radius 3 is 2.65 bits per heavy atom. The minimum atomic E-state index is -5.09. The lowest BCUT2D eigenvalue weighted by molar-refractivity contribution is -0.814. The van der Waals surface area contributed by atoms with Gasteiger partial charge in [0, 0.05) is 38.5 Å². The van der Waals surface area contributed by atoms with Crippen LogP contribution in [0.15, 0.2) is 36.3 Å². The molecule has 1 aromatic carbocycles. The van der Waals surface area contributed by atoms with Gasteiger partial charge in [-0.3, -0.25) is 0 Å². The summed E-state index contributed by atoms with van der Waals surface area (Å²) in [6.07, 6.45) is 1.33.